The zero-order valence-electron chi connectivity index (χ0n) is 10.3. The molecule has 0 aromatic heterocycles. The first kappa shape index (κ1) is 14.6. The van der Waals surface area contributed by atoms with Crippen molar-refractivity contribution in [2.75, 3.05) is 7.11 Å². The highest BCUT2D eigenvalue weighted by molar-refractivity contribution is 5.73. The van der Waals surface area contributed by atoms with Crippen molar-refractivity contribution in [2.24, 2.45) is 5.92 Å². The number of alkyl halides is 2. The molecule has 18 heavy (non-hydrogen) atoms. The average molecular weight is 258 g/mol. The van der Waals surface area contributed by atoms with Crippen molar-refractivity contribution in [3.63, 3.8) is 0 Å². The fourth-order valence-corrected chi connectivity index (χ4v) is 1.74. The molecule has 0 aliphatic rings. The van der Waals surface area contributed by atoms with Crippen LogP contribution in [0.2, 0.25) is 0 Å². The van der Waals surface area contributed by atoms with Crippen LogP contribution < -0.4 is 0 Å². The lowest BCUT2D eigenvalue weighted by atomic mass is 9.93. The van der Waals surface area contributed by atoms with Gasteiger partial charge in [-0.05, 0) is 12.0 Å². The number of aliphatic hydroxyl groups is 1. The van der Waals surface area contributed by atoms with Gasteiger partial charge in [0.15, 0.2) is 0 Å². The van der Waals surface area contributed by atoms with Crippen LogP contribution in [0, 0.1) is 5.92 Å². The first-order valence-electron chi connectivity index (χ1n) is 5.65. The molecule has 0 bridgehead atoms. The lowest BCUT2D eigenvalue weighted by molar-refractivity contribution is -0.149. The second-order valence-corrected chi connectivity index (χ2v) is 3.95. The normalized spacial score (nSPS) is 14.3. The van der Waals surface area contributed by atoms with Crippen molar-refractivity contribution < 1.29 is 23.4 Å². The summed E-state index contributed by atoms with van der Waals surface area (Å²) in [4.78, 5) is 11.4. The van der Waals surface area contributed by atoms with E-state index in [2.05, 4.69) is 4.74 Å². The van der Waals surface area contributed by atoms with E-state index in [1.165, 1.54) is 31.4 Å². The number of carbonyl (C=O) groups excluding carboxylic acids is 1. The molecule has 0 saturated carbocycles. The minimum atomic E-state index is -2.54. The third-order valence-corrected chi connectivity index (χ3v) is 2.85. The maximum atomic E-state index is 12.4. The van der Waals surface area contributed by atoms with Crippen LogP contribution in [0.4, 0.5) is 8.78 Å². The number of carbonyl (C=O) groups is 1. The lowest BCUT2D eigenvalue weighted by Crippen LogP contribution is -2.23. The van der Waals surface area contributed by atoms with Crippen molar-refractivity contribution in [1.29, 1.82) is 0 Å². The molecule has 100 valence electrons. The molecule has 1 aromatic rings. The predicted octanol–water partition coefficient (Wildman–Crippen LogP) is 2.86. The molecule has 3 nitrogen and oxygen atoms in total. The Kier molecular flexibility index (Phi) is 5.22. The van der Waals surface area contributed by atoms with Gasteiger partial charge in [-0.3, -0.25) is 4.79 Å². The van der Waals surface area contributed by atoms with E-state index in [-0.39, 0.29) is 5.56 Å². The molecule has 0 radical (unpaired) electrons. The van der Waals surface area contributed by atoms with Crippen molar-refractivity contribution in [2.45, 2.75) is 25.9 Å². The van der Waals surface area contributed by atoms with Gasteiger partial charge < -0.3 is 9.84 Å². The van der Waals surface area contributed by atoms with E-state index in [0.717, 1.165) is 0 Å². The Hall–Kier alpha value is -1.49. The van der Waals surface area contributed by atoms with Gasteiger partial charge in [-0.2, -0.15) is 0 Å². The third kappa shape index (κ3) is 3.26. The van der Waals surface area contributed by atoms with Gasteiger partial charge in [0, 0.05) is 5.56 Å². The molecule has 0 amide bonds. The highest BCUT2D eigenvalue weighted by Crippen LogP contribution is 2.27. The summed E-state index contributed by atoms with van der Waals surface area (Å²) in [7, 11) is 1.25. The molecule has 0 spiro atoms. The predicted molar refractivity (Wildman–Crippen MR) is 62.2 cm³/mol. The minimum absolute atomic E-state index is 0.114. The monoisotopic (exact) mass is 258 g/mol. The Morgan fingerprint density at radius 2 is 1.78 bits per heavy atom. The number of esters is 1. The quantitative estimate of drug-likeness (QED) is 0.826. The van der Waals surface area contributed by atoms with Crippen molar-refractivity contribution >= 4 is 5.97 Å². The molecular formula is C13H16F2O3. The molecule has 1 rings (SSSR count). The maximum absolute atomic E-state index is 12.4. The van der Waals surface area contributed by atoms with Crippen LogP contribution in [0.15, 0.2) is 24.3 Å². The van der Waals surface area contributed by atoms with Crippen LogP contribution in [0.5, 0.6) is 0 Å². The van der Waals surface area contributed by atoms with Crippen LogP contribution in [0.1, 0.15) is 37.0 Å². The Morgan fingerprint density at radius 1 is 1.28 bits per heavy atom. The van der Waals surface area contributed by atoms with Crippen LogP contribution in [-0.4, -0.2) is 18.2 Å². The van der Waals surface area contributed by atoms with Crippen LogP contribution in [0.25, 0.3) is 0 Å². The smallest absolute Gasteiger partial charge is 0.311 e. The largest absolute Gasteiger partial charge is 0.469 e. The molecule has 5 heteroatoms. The number of benzene rings is 1. The summed E-state index contributed by atoms with van der Waals surface area (Å²) in [6, 6.07) is 5.29. The number of hydrogen-bond donors (Lipinski definition) is 1. The standard InChI is InChI=1S/C13H16F2O3/c1-3-10(13(17)18-2)11(16)8-4-6-9(7-5-8)12(14)15/h4-7,10-12,16H,3H2,1-2H3. The van der Waals surface area contributed by atoms with E-state index in [1.54, 1.807) is 6.92 Å². The summed E-state index contributed by atoms with van der Waals surface area (Å²) in [6.45, 7) is 1.75. The molecule has 0 aliphatic carbocycles. The minimum Gasteiger partial charge on any atom is -0.469 e. The number of halogens is 2. The maximum Gasteiger partial charge on any atom is 0.311 e. The van der Waals surface area contributed by atoms with Gasteiger partial charge in [-0.25, -0.2) is 8.78 Å². The Balaban J connectivity index is 2.88. The number of rotatable bonds is 5. The highest BCUT2D eigenvalue weighted by atomic mass is 19.3. The van der Waals surface area contributed by atoms with Crippen molar-refractivity contribution in [3.05, 3.63) is 35.4 Å². The summed E-state index contributed by atoms with van der Waals surface area (Å²) in [5, 5.41) is 10.0. The fourth-order valence-electron chi connectivity index (χ4n) is 1.74. The van der Waals surface area contributed by atoms with Crippen molar-refractivity contribution in [3.8, 4) is 0 Å². The van der Waals surface area contributed by atoms with Gasteiger partial charge in [-0.1, -0.05) is 31.2 Å². The topological polar surface area (TPSA) is 46.5 Å². The Labute approximate surface area is 104 Å². The first-order chi connectivity index (χ1) is 8.51. The van der Waals surface area contributed by atoms with Crippen LogP contribution in [-0.2, 0) is 9.53 Å². The molecule has 0 heterocycles. The average Bonchev–Trinajstić information content (AvgIpc) is 2.39. The lowest BCUT2D eigenvalue weighted by Gasteiger charge is -2.19. The van der Waals surface area contributed by atoms with Gasteiger partial charge in [0.1, 0.15) is 0 Å². The summed E-state index contributed by atoms with van der Waals surface area (Å²) in [6.07, 6.45) is -3.18. The number of hydrogen-bond acceptors (Lipinski definition) is 3. The SMILES string of the molecule is CCC(C(=O)OC)C(O)c1ccc(C(F)F)cc1. The first-order valence-corrected chi connectivity index (χ1v) is 5.65. The Morgan fingerprint density at radius 3 is 2.17 bits per heavy atom. The summed E-state index contributed by atoms with van der Waals surface area (Å²) in [5.41, 5.74) is 0.314. The van der Waals surface area contributed by atoms with Gasteiger partial charge in [-0.15, -0.1) is 0 Å². The zero-order valence-corrected chi connectivity index (χ0v) is 10.3. The molecule has 2 unspecified atom stereocenters. The molecular weight excluding hydrogens is 242 g/mol. The molecule has 0 aliphatic heterocycles. The number of ether oxygens (including phenoxy) is 1. The molecule has 2 atom stereocenters. The third-order valence-electron chi connectivity index (χ3n) is 2.85. The zero-order chi connectivity index (χ0) is 13.7. The fraction of sp³-hybridized carbons (Fsp3) is 0.462. The van der Waals surface area contributed by atoms with Gasteiger partial charge in [0.25, 0.3) is 6.43 Å². The molecule has 0 fully saturated rings. The molecule has 1 N–H and O–H groups in total. The van der Waals surface area contributed by atoms with Crippen molar-refractivity contribution in [1.82, 2.24) is 0 Å². The number of methoxy groups -OCH3 is 1. The van der Waals surface area contributed by atoms with E-state index in [0.29, 0.717) is 12.0 Å². The summed E-state index contributed by atoms with van der Waals surface area (Å²) in [5.74, 6) is -1.20. The van der Waals surface area contributed by atoms with E-state index in [1.807, 2.05) is 0 Å². The second-order valence-electron chi connectivity index (χ2n) is 3.95. The van der Waals surface area contributed by atoms with Crippen LogP contribution >= 0.6 is 0 Å². The summed E-state index contributed by atoms with van der Waals surface area (Å²) >= 11 is 0. The molecule has 1 aromatic carbocycles. The van der Waals surface area contributed by atoms with E-state index < -0.39 is 24.4 Å². The summed E-state index contributed by atoms with van der Waals surface area (Å²) < 4.78 is 29.3. The van der Waals surface area contributed by atoms with Gasteiger partial charge in [0.05, 0.1) is 19.1 Å². The van der Waals surface area contributed by atoms with E-state index >= 15 is 0 Å². The number of aliphatic hydroxyl groups excluding tert-OH is 1. The van der Waals surface area contributed by atoms with Gasteiger partial charge >= 0.3 is 5.97 Å². The Bertz CT molecular complexity index is 390. The van der Waals surface area contributed by atoms with E-state index in [9.17, 15) is 18.7 Å². The van der Waals surface area contributed by atoms with Gasteiger partial charge in [0.2, 0.25) is 0 Å². The second kappa shape index (κ2) is 6.44. The highest BCUT2D eigenvalue weighted by Gasteiger charge is 2.27. The van der Waals surface area contributed by atoms with Crippen LogP contribution in [0.3, 0.4) is 0 Å². The van der Waals surface area contributed by atoms with E-state index in [4.69, 9.17) is 0 Å². The molecule has 0 saturated heterocycles.